The van der Waals surface area contributed by atoms with Crippen LogP contribution in [0.2, 0.25) is 0 Å². The molecule has 3 rings (SSSR count). The highest BCUT2D eigenvalue weighted by molar-refractivity contribution is 5.69. The highest BCUT2D eigenvalue weighted by Crippen LogP contribution is 2.30. The zero-order chi connectivity index (χ0) is 13.2. The lowest BCUT2D eigenvalue weighted by Crippen LogP contribution is -2.14. The van der Waals surface area contributed by atoms with Crippen LogP contribution in [0.25, 0.3) is 0 Å². The van der Waals surface area contributed by atoms with E-state index in [9.17, 15) is 0 Å². The Morgan fingerprint density at radius 3 is 2.74 bits per heavy atom. The normalized spacial score (nSPS) is 13.6. The summed E-state index contributed by atoms with van der Waals surface area (Å²) in [5.41, 5.74) is 6.49. The Hall–Kier alpha value is -1.96. The third kappa shape index (κ3) is 2.43. The van der Waals surface area contributed by atoms with Crippen LogP contribution in [0.3, 0.4) is 0 Å². The quantitative estimate of drug-likeness (QED) is 0.865. The van der Waals surface area contributed by atoms with Gasteiger partial charge in [-0.3, -0.25) is 0 Å². The molecule has 1 heterocycles. The van der Waals surface area contributed by atoms with E-state index in [0.29, 0.717) is 0 Å². The Morgan fingerprint density at radius 2 is 1.89 bits per heavy atom. The number of fused-ring (bicyclic) bond motifs is 1. The third-order valence-corrected chi connectivity index (χ3v) is 3.81. The Kier molecular flexibility index (Phi) is 3.16. The zero-order valence-corrected chi connectivity index (χ0v) is 11.6. The second-order valence-corrected chi connectivity index (χ2v) is 5.27. The molecular formula is C17H20N2. The van der Waals surface area contributed by atoms with E-state index in [1.165, 1.54) is 41.0 Å². The SMILES string of the molecule is Cc1cccc(N(C)c2ccc3c(c2)NCCC3)c1. The molecule has 0 saturated carbocycles. The number of nitrogens with zero attached hydrogens (tertiary/aromatic N) is 1. The summed E-state index contributed by atoms with van der Waals surface area (Å²) in [6.07, 6.45) is 2.43. The largest absolute Gasteiger partial charge is 0.385 e. The summed E-state index contributed by atoms with van der Waals surface area (Å²) in [5.74, 6) is 0. The van der Waals surface area contributed by atoms with E-state index in [0.717, 1.165) is 6.54 Å². The maximum Gasteiger partial charge on any atom is 0.0429 e. The minimum atomic E-state index is 1.09. The molecule has 2 heteroatoms. The Morgan fingerprint density at radius 1 is 1.05 bits per heavy atom. The molecule has 0 saturated heterocycles. The molecular weight excluding hydrogens is 232 g/mol. The van der Waals surface area contributed by atoms with Gasteiger partial charge in [0.25, 0.3) is 0 Å². The molecule has 0 fully saturated rings. The van der Waals surface area contributed by atoms with Gasteiger partial charge in [0.2, 0.25) is 0 Å². The molecule has 0 spiro atoms. The summed E-state index contributed by atoms with van der Waals surface area (Å²) in [6.45, 7) is 3.22. The van der Waals surface area contributed by atoms with Crippen molar-refractivity contribution in [1.29, 1.82) is 0 Å². The fourth-order valence-corrected chi connectivity index (χ4v) is 2.64. The third-order valence-electron chi connectivity index (χ3n) is 3.81. The molecule has 98 valence electrons. The first-order valence-electron chi connectivity index (χ1n) is 6.91. The second kappa shape index (κ2) is 4.96. The molecule has 2 nitrogen and oxygen atoms in total. The Balaban J connectivity index is 1.93. The number of rotatable bonds is 2. The van der Waals surface area contributed by atoms with E-state index in [4.69, 9.17) is 0 Å². The zero-order valence-electron chi connectivity index (χ0n) is 11.6. The van der Waals surface area contributed by atoms with Gasteiger partial charge in [-0.15, -0.1) is 0 Å². The summed E-state index contributed by atoms with van der Waals surface area (Å²) in [6, 6.07) is 15.3. The van der Waals surface area contributed by atoms with Gasteiger partial charge >= 0.3 is 0 Å². The Bertz CT molecular complexity index is 590. The summed E-state index contributed by atoms with van der Waals surface area (Å²) in [5, 5.41) is 3.49. The maximum atomic E-state index is 3.49. The summed E-state index contributed by atoms with van der Waals surface area (Å²) in [4.78, 5) is 2.24. The number of benzene rings is 2. The number of aryl methyl sites for hydroxylation is 2. The van der Waals surface area contributed by atoms with Gasteiger partial charge in [0, 0.05) is 30.7 Å². The molecule has 0 radical (unpaired) electrons. The van der Waals surface area contributed by atoms with Gasteiger partial charge in [-0.2, -0.15) is 0 Å². The van der Waals surface area contributed by atoms with Crippen LogP contribution in [0.15, 0.2) is 42.5 Å². The monoisotopic (exact) mass is 252 g/mol. The number of nitrogens with one attached hydrogen (secondary N) is 1. The van der Waals surface area contributed by atoms with Crippen LogP contribution >= 0.6 is 0 Å². The van der Waals surface area contributed by atoms with Gasteiger partial charge in [-0.05, 0) is 55.2 Å². The minimum absolute atomic E-state index is 1.09. The molecule has 0 atom stereocenters. The molecule has 0 amide bonds. The van der Waals surface area contributed by atoms with Crippen molar-refractivity contribution in [3.05, 3.63) is 53.6 Å². The summed E-state index contributed by atoms with van der Waals surface area (Å²) >= 11 is 0. The lowest BCUT2D eigenvalue weighted by molar-refractivity contribution is 0.830. The summed E-state index contributed by atoms with van der Waals surface area (Å²) < 4.78 is 0. The molecule has 2 aromatic rings. The van der Waals surface area contributed by atoms with Crippen LogP contribution in [0, 0.1) is 6.92 Å². The van der Waals surface area contributed by atoms with Crippen LogP contribution in [-0.2, 0) is 6.42 Å². The average molecular weight is 252 g/mol. The van der Waals surface area contributed by atoms with Gasteiger partial charge in [0.05, 0.1) is 0 Å². The highest BCUT2D eigenvalue weighted by atomic mass is 15.1. The standard InChI is InChI=1S/C17H20N2/c1-13-5-3-7-15(11-13)19(2)16-9-8-14-6-4-10-18-17(14)12-16/h3,5,7-9,11-12,18H,4,6,10H2,1-2H3. The average Bonchev–Trinajstić information content (AvgIpc) is 2.46. The van der Waals surface area contributed by atoms with E-state index in [1.54, 1.807) is 0 Å². The Labute approximate surface area is 115 Å². The number of anilines is 3. The molecule has 1 N–H and O–H groups in total. The van der Waals surface area contributed by atoms with Crippen LogP contribution in [0.5, 0.6) is 0 Å². The molecule has 1 aliphatic rings. The van der Waals surface area contributed by atoms with Crippen molar-refractivity contribution < 1.29 is 0 Å². The van der Waals surface area contributed by atoms with Gasteiger partial charge in [0.15, 0.2) is 0 Å². The lowest BCUT2D eigenvalue weighted by Gasteiger charge is -2.24. The van der Waals surface area contributed by atoms with Crippen molar-refractivity contribution in [1.82, 2.24) is 0 Å². The minimum Gasteiger partial charge on any atom is -0.385 e. The topological polar surface area (TPSA) is 15.3 Å². The molecule has 0 aromatic heterocycles. The fourth-order valence-electron chi connectivity index (χ4n) is 2.64. The molecule has 0 unspecified atom stereocenters. The smallest absolute Gasteiger partial charge is 0.0429 e. The van der Waals surface area contributed by atoms with Gasteiger partial charge in [0.1, 0.15) is 0 Å². The maximum absolute atomic E-state index is 3.49. The van der Waals surface area contributed by atoms with Crippen LogP contribution < -0.4 is 10.2 Å². The van der Waals surface area contributed by atoms with Crippen LogP contribution in [0.4, 0.5) is 17.1 Å². The summed E-state index contributed by atoms with van der Waals surface area (Å²) in [7, 11) is 2.12. The van der Waals surface area contributed by atoms with Crippen LogP contribution in [0.1, 0.15) is 17.5 Å². The van der Waals surface area contributed by atoms with Crippen molar-refractivity contribution in [2.45, 2.75) is 19.8 Å². The predicted molar refractivity (Wildman–Crippen MR) is 82.5 cm³/mol. The molecule has 1 aliphatic heterocycles. The van der Waals surface area contributed by atoms with Gasteiger partial charge in [-0.25, -0.2) is 0 Å². The predicted octanol–water partition coefficient (Wildman–Crippen LogP) is 4.12. The number of hydrogen-bond donors (Lipinski definition) is 1. The van der Waals surface area contributed by atoms with Gasteiger partial charge < -0.3 is 10.2 Å². The first kappa shape index (κ1) is 12.1. The van der Waals surface area contributed by atoms with Crippen molar-refractivity contribution in [2.75, 3.05) is 23.8 Å². The van der Waals surface area contributed by atoms with Crippen molar-refractivity contribution >= 4 is 17.1 Å². The molecule has 0 aliphatic carbocycles. The van der Waals surface area contributed by atoms with E-state index in [-0.39, 0.29) is 0 Å². The van der Waals surface area contributed by atoms with Crippen LogP contribution in [-0.4, -0.2) is 13.6 Å². The van der Waals surface area contributed by atoms with Crippen molar-refractivity contribution in [3.8, 4) is 0 Å². The number of hydrogen-bond acceptors (Lipinski definition) is 2. The molecule has 19 heavy (non-hydrogen) atoms. The fraction of sp³-hybridized carbons (Fsp3) is 0.294. The van der Waals surface area contributed by atoms with E-state index in [2.05, 4.69) is 66.7 Å². The van der Waals surface area contributed by atoms with E-state index >= 15 is 0 Å². The highest BCUT2D eigenvalue weighted by Gasteiger charge is 2.11. The van der Waals surface area contributed by atoms with E-state index in [1.807, 2.05) is 0 Å². The van der Waals surface area contributed by atoms with Gasteiger partial charge in [-0.1, -0.05) is 18.2 Å². The lowest BCUT2D eigenvalue weighted by atomic mass is 10.0. The van der Waals surface area contributed by atoms with Crippen molar-refractivity contribution in [2.24, 2.45) is 0 Å². The van der Waals surface area contributed by atoms with E-state index < -0.39 is 0 Å². The first-order valence-corrected chi connectivity index (χ1v) is 6.91. The molecule has 2 aromatic carbocycles. The molecule has 0 bridgehead atoms. The second-order valence-electron chi connectivity index (χ2n) is 5.27. The van der Waals surface area contributed by atoms with Crippen molar-refractivity contribution in [3.63, 3.8) is 0 Å². The first-order chi connectivity index (χ1) is 9.24.